The molecule has 0 saturated carbocycles. The van der Waals surface area contributed by atoms with Crippen molar-refractivity contribution in [2.75, 3.05) is 11.9 Å². The van der Waals surface area contributed by atoms with Crippen LogP contribution in [0.4, 0.5) is 5.69 Å². The molecule has 1 N–H and O–H groups in total. The van der Waals surface area contributed by atoms with Crippen LogP contribution in [0.25, 0.3) is 10.2 Å². The molecule has 0 fully saturated rings. The second-order valence-electron chi connectivity index (χ2n) is 5.22. The molecule has 0 aliphatic carbocycles. The number of nitrogens with one attached hydrogen (secondary N) is 1. The first-order chi connectivity index (χ1) is 9.27. The number of hydrogen-bond donors (Lipinski definition) is 1. The number of thiazole rings is 1. The van der Waals surface area contributed by atoms with Gasteiger partial charge in [0.05, 0.1) is 15.6 Å². The molecule has 0 saturated heterocycles. The summed E-state index contributed by atoms with van der Waals surface area (Å²) >= 11 is 1.81. The Balaban J connectivity index is 1.92. The molecule has 1 unspecified atom stereocenters. The number of aromatic nitrogens is 1. The van der Waals surface area contributed by atoms with Gasteiger partial charge >= 0.3 is 0 Å². The van der Waals surface area contributed by atoms with E-state index < -0.39 is 0 Å². The topological polar surface area (TPSA) is 24.9 Å². The normalized spacial score (nSPS) is 21.3. The van der Waals surface area contributed by atoms with Crippen molar-refractivity contribution in [2.45, 2.75) is 12.3 Å². The van der Waals surface area contributed by atoms with Gasteiger partial charge < -0.3 is 5.32 Å². The molecule has 19 heavy (non-hydrogen) atoms. The van der Waals surface area contributed by atoms with Crippen molar-refractivity contribution in [1.29, 1.82) is 0 Å². The molecule has 0 bridgehead atoms. The average Bonchev–Trinajstić information content (AvgIpc) is 3.02. The van der Waals surface area contributed by atoms with Crippen molar-refractivity contribution in [3.8, 4) is 0 Å². The largest absolute Gasteiger partial charge is 0.383 e. The van der Waals surface area contributed by atoms with E-state index in [1.54, 1.807) is 11.3 Å². The predicted molar refractivity (Wildman–Crippen MR) is 81.0 cm³/mol. The first-order valence-corrected chi connectivity index (χ1v) is 7.28. The molecular formula is C16H14N2S. The van der Waals surface area contributed by atoms with Gasteiger partial charge in [-0.2, -0.15) is 0 Å². The summed E-state index contributed by atoms with van der Waals surface area (Å²) in [6.45, 7) is 3.20. The lowest BCUT2D eigenvalue weighted by Gasteiger charge is -2.20. The zero-order valence-corrected chi connectivity index (χ0v) is 11.5. The Kier molecular flexibility index (Phi) is 2.21. The fourth-order valence-corrected chi connectivity index (χ4v) is 3.91. The van der Waals surface area contributed by atoms with Crippen LogP contribution >= 0.6 is 11.3 Å². The van der Waals surface area contributed by atoms with Crippen LogP contribution in [0.15, 0.2) is 48.5 Å². The minimum Gasteiger partial charge on any atom is -0.383 e. The van der Waals surface area contributed by atoms with Gasteiger partial charge in [-0.15, -0.1) is 11.3 Å². The van der Waals surface area contributed by atoms with Gasteiger partial charge in [-0.05, 0) is 30.7 Å². The van der Waals surface area contributed by atoms with Crippen molar-refractivity contribution in [1.82, 2.24) is 4.98 Å². The van der Waals surface area contributed by atoms with Gasteiger partial charge in [0, 0.05) is 12.2 Å². The average molecular weight is 266 g/mol. The summed E-state index contributed by atoms with van der Waals surface area (Å²) in [5.41, 5.74) is 3.69. The predicted octanol–water partition coefficient (Wildman–Crippen LogP) is 4.03. The fourth-order valence-electron chi connectivity index (χ4n) is 2.78. The highest BCUT2D eigenvalue weighted by atomic mass is 32.1. The zero-order valence-electron chi connectivity index (χ0n) is 10.7. The molecule has 3 heteroatoms. The van der Waals surface area contributed by atoms with E-state index in [9.17, 15) is 0 Å². The maximum absolute atomic E-state index is 4.84. The van der Waals surface area contributed by atoms with E-state index in [1.165, 1.54) is 21.0 Å². The first kappa shape index (κ1) is 11.0. The molecule has 1 aromatic heterocycles. The van der Waals surface area contributed by atoms with Gasteiger partial charge in [0.1, 0.15) is 5.01 Å². The standard InChI is InChI=1S/C16H14N2S/c1-16(10-17-12-7-3-2-6-11(12)16)15-18-13-8-4-5-9-14(13)19-15/h2-9,17H,10H2,1H3. The second-order valence-corrected chi connectivity index (χ2v) is 6.25. The van der Waals surface area contributed by atoms with E-state index in [1.807, 2.05) is 0 Å². The van der Waals surface area contributed by atoms with Crippen LogP contribution in [0, 0.1) is 0 Å². The molecule has 0 spiro atoms. The Morgan fingerprint density at radius 3 is 2.79 bits per heavy atom. The molecule has 2 aromatic carbocycles. The molecule has 1 atom stereocenters. The van der Waals surface area contributed by atoms with Crippen molar-refractivity contribution in [2.24, 2.45) is 0 Å². The summed E-state index contributed by atoms with van der Waals surface area (Å²) in [5, 5.41) is 4.70. The Bertz CT molecular complexity index is 729. The Hall–Kier alpha value is -1.87. The lowest BCUT2D eigenvalue weighted by molar-refractivity contribution is 0.632. The summed E-state index contributed by atoms with van der Waals surface area (Å²) in [6, 6.07) is 16.9. The smallest absolute Gasteiger partial charge is 0.106 e. The van der Waals surface area contributed by atoms with Crippen LogP contribution < -0.4 is 5.32 Å². The quantitative estimate of drug-likeness (QED) is 0.719. The van der Waals surface area contributed by atoms with Crippen LogP contribution in [0.1, 0.15) is 17.5 Å². The molecule has 2 nitrogen and oxygen atoms in total. The van der Waals surface area contributed by atoms with Crippen molar-refractivity contribution in [3.05, 3.63) is 59.1 Å². The summed E-state index contributed by atoms with van der Waals surface area (Å²) in [4.78, 5) is 4.84. The van der Waals surface area contributed by atoms with Gasteiger partial charge in [0.15, 0.2) is 0 Å². The third-order valence-corrected chi connectivity index (χ3v) is 5.22. The van der Waals surface area contributed by atoms with E-state index in [4.69, 9.17) is 4.98 Å². The molecule has 1 aliphatic rings. The van der Waals surface area contributed by atoms with Crippen LogP contribution in [-0.2, 0) is 5.41 Å². The fraction of sp³-hybridized carbons (Fsp3) is 0.188. The third kappa shape index (κ3) is 1.51. The van der Waals surface area contributed by atoms with Crippen LogP contribution in [0.5, 0.6) is 0 Å². The highest BCUT2D eigenvalue weighted by Crippen LogP contribution is 2.43. The minimum absolute atomic E-state index is 0.0136. The van der Waals surface area contributed by atoms with Gasteiger partial charge in [-0.1, -0.05) is 30.3 Å². The zero-order chi connectivity index (χ0) is 12.9. The minimum atomic E-state index is -0.0136. The third-order valence-electron chi connectivity index (χ3n) is 3.92. The van der Waals surface area contributed by atoms with Crippen LogP contribution in [0.3, 0.4) is 0 Å². The van der Waals surface area contributed by atoms with E-state index in [-0.39, 0.29) is 5.41 Å². The van der Waals surface area contributed by atoms with Gasteiger partial charge in [-0.25, -0.2) is 4.98 Å². The summed E-state index contributed by atoms with van der Waals surface area (Å²) < 4.78 is 1.27. The number of nitrogens with zero attached hydrogens (tertiary/aromatic N) is 1. The van der Waals surface area contributed by atoms with E-state index >= 15 is 0 Å². The van der Waals surface area contributed by atoms with Crippen molar-refractivity contribution in [3.63, 3.8) is 0 Å². The summed E-state index contributed by atoms with van der Waals surface area (Å²) in [7, 11) is 0. The van der Waals surface area contributed by atoms with E-state index in [0.29, 0.717) is 0 Å². The SMILES string of the molecule is CC1(c2nc3ccccc3s2)CNc2ccccc21. The molecule has 2 heterocycles. The monoisotopic (exact) mass is 266 g/mol. The molecule has 4 rings (SSSR count). The number of para-hydroxylation sites is 2. The lowest BCUT2D eigenvalue weighted by atomic mass is 9.85. The number of benzene rings is 2. The molecule has 94 valence electrons. The first-order valence-electron chi connectivity index (χ1n) is 6.47. The van der Waals surface area contributed by atoms with E-state index in [0.717, 1.165) is 12.1 Å². The molecule has 0 amide bonds. The molecule has 1 aliphatic heterocycles. The van der Waals surface area contributed by atoms with Crippen LogP contribution in [-0.4, -0.2) is 11.5 Å². The lowest BCUT2D eigenvalue weighted by Crippen LogP contribution is -2.25. The number of rotatable bonds is 1. The summed E-state index contributed by atoms with van der Waals surface area (Å²) in [6.07, 6.45) is 0. The maximum Gasteiger partial charge on any atom is 0.106 e. The van der Waals surface area contributed by atoms with Crippen molar-refractivity contribution >= 4 is 27.2 Å². The van der Waals surface area contributed by atoms with Gasteiger partial charge in [-0.3, -0.25) is 0 Å². The highest BCUT2D eigenvalue weighted by Gasteiger charge is 2.38. The number of fused-ring (bicyclic) bond motifs is 2. The van der Waals surface area contributed by atoms with Crippen molar-refractivity contribution < 1.29 is 0 Å². The summed E-state index contributed by atoms with van der Waals surface area (Å²) in [5.74, 6) is 0. The Morgan fingerprint density at radius 1 is 1.11 bits per heavy atom. The Labute approximate surface area is 116 Å². The van der Waals surface area contributed by atoms with E-state index in [2.05, 4.69) is 60.8 Å². The van der Waals surface area contributed by atoms with Crippen LogP contribution in [0.2, 0.25) is 0 Å². The van der Waals surface area contributed by atoms with Gasteiger partial charge in [0.2, 0.25) is 0 Å². The number of hydrogen-bond acceptors (Lipinski definition) is 3. The molecule has 0 radical (unpaired) electrons. The maximum atomic E-state index is 4.84. The second kappa shape index (κ2) is 3.81. The Morgan fingerprint density at radius 2 is 1.89 bits per heavy atom. The molecular weight excluding hydrogens is 252 g/mol. The van der Waals surface area contributed by atoms with Gasteiger partial charge in [0.25, 0.3) is 0 Å². The number of anilines is 1. The molecule has 3 aromatic rings. The highest BCUT2D eigenvalue weighted by molar-refractivity contribution is 7.18.